The molecule has 3 fully saturated rings. The van der Waals surface area contributed by atoms with Crippen LogP contribution in [-0.4, -0.2) is 46.6 Å². The predicted molar refractivity (Wildman–Crippen MR) is 125 cm³/mol. The van der Waals surface area contributed by atoms with E-state index in [0.29, 0.717) is 17.8 Å². The molecule has 8 nitrogen and oxygen atoms in total. The van der Waals surface area contributed by atoms with Crippen molar-refractivity contribution in [3.63, 3.8) is 0 Å². The normalized spacial score (nSPS) is 19.9. The largest absolute Gasteiger partial charge is 0.317 e. The Morgan fingerprint density at radius 3 is 1.81 bits per heavy atom. The second-order valence-corrected chi connectivity index (χ2v) is 9.29. The van der Waals surface area contributed by atoms with E-state index in [0.717, 1.165) is 87.2 Å². The van der Waals surface area contributed by atoms with Gasteiger partial charge in [0.1, 0.15) is 0 Å². The van der Waals surface area contributed by atoms with Crippen molar-refractivity contribution in [2.24, 2.45) is 0 Å². The summed E-state index contributed by atoms with van der Waals surface area (Å²) in [5.41, 5.74) is 3.99. The summed E-state index contributed by atoms with van der Waals surface area (Å²) in [7, 11) is 0. The highest BCUT2D eigenvalue weighted by molar-refractivity contribution is 5.23. The summed E-state index contributed by atoms with van der Waals surface area (Å²) in [6, 6.07) is 4.05. The maximum Gasteiger partial charge on any atom is 0.267 e. The van der Waals surface area contributed by atoms with Crippen LogP contribution < -0.4 is 21.8 Å². The van der Waals surface area contributed by atoms with E-state index in [1.165, 1.54) is 12.8 Å². The van der Waals surface area contributed by atoms with E-state index in [4.69, 9.17) is 0 Å². The number of hydrogen-bond acceptors (Lipinski definition) is 6. The molecule has 2 aromatic rings. The molecular weight excluding hydrogens is 404 g/mol. The molecule has 0 amide bonds. The Morgan fingerprint density at radius 1 is 0.750 bits per heavy atom. The number of H-pyrrole nitrogens is 2. The minimum Gasteiger partial charge on any atom is -0.317 e. The Balaban J connectivity index is 0.000000153. The summed E-state index contributed by atoms with van der Waals surface area (Å²) in [6.45, 7) is 6.18. The van der Waals surface area contributed by atoms with Gasteiger partial charge in [-0.1, -0.05) is 13.3 Å². The lowest BCUT2D eigenvalue weighted by atomic mass is 9.91. The highest BCUT2D eigenvalue weighted by Crippen LogP contribution is 2.39. The Kier molecular flexibility index (Phi) is 7.86. The molecule has 1 aliphatic carbocycles. The smallest absolute Gasteiger partial charge is 0.267 e. The summed E-state index contributed by atoms with van der Waals surface area (Å²) in [6.07, 6.45) is 8.70. The number of nitrogens with zero attached hydrogens (tertiary/aromatic N) is 2. The molecule has 2 aromatic heterocycles. The van der Waals surface area contributed by atoms with Gasteiger partial charge >= 0.3 is 0 Å². The molecule has 2 aliphatic heterocycles. The van der Waals surface area contributed by atoms with Gasteiger partial charge in [-0.3, -0.25) is 9.59 Å². The van der Waals surface area contributed by atoms with E-state index < -0.39 is 0 Å². The van der Waals surface area contributed by atoms with Crippen LogP contribution in [-0.2, 0) is 6.42 Å². The first kappa shape index (κ1) is 22.9. The molecule has 8 heteroatoms. The highest BCUT2D eigenvalue weighted by atomic mass is 16.1. The fourth-order valence-corrected chi connectivity index (χ4v) is 4.75. The fraction of sp³-hybridized carbons (Fsp3) is 0.667. The Bertz CT molecular complexity index is 984. The molecule has 0 bridgehead atoms. The van der Waals surface area contributed by atoms with Crippen LogP contribution >= 0.6 is 0 Å². The zero-order valence-electron chi connectivity index (χ0n) is 19.1. The zero-order valence-corrected chi connectivity index (χ0v) is 19.1. The highest BCUT2D eigenvalue weighted by Gasteiger charge is 2.27. The van der Waals surface area contributed by atoms with Crippen LogP contribution in [0.1, 0.15) is 92.1 Å². The van der Waals surface area contributed by atoms with Gasteiger partial charge in [0.05, 0.1) is 11.4 Å². The monoisotopic (exact) mass is 440 g/mol. The second kappa shape index (κ2) is 11.0. The van der Waals surface area contributed by atoms with Gasteiger partial charge in [0.15, 0.2) is 0 Å². The lowest BCUT2D eigenvalue weighted by Crippen LogP contribution is -2.30. The predicted octanol–water partition coefficient (Wildman–Crippen LogP) is 2.30. The van der Waals surface area contributed by atoms with Crippen LogP contribution in [0.4, 0.5) is 0 Å². The zero-order chi connectivity index (χ0) is 22.3. The van der Waals surface area contributed by atoms with E-state index in [2.05, 4.69) is 38.0 Å². The van der Waals surface area contributed by atoms with Gasteiger partial charge in [0.2, 0.25) is 0 Å². The molecule has 174 valence electrons. The van der Waals surface area contributed by atoms with Gasteiger partial charge in [-0.2, -0.15) is 10.2 Å². The summed E-state index contributed by atoms with van der Waals surface area (Å²) in [4.78, 5) is 23.5. The SMILES string of the molecule is CCCc1cc(C2CCNCC2)c(=O)[nH]n1.O=c1[nH]nc(C2CC2)cc1C1CCNCC1. The Labute approximate surface area is 189 Å². The van der Waals surface area contributed by atoms with Crippen molar-refractivity contribution in [2.45, 2.75) is 76.0 Å². The van der Waals surface area contributed by atoms with Gasteiger partial charge in [0.25, 0.3) is 11.1 Å². The molecule has 32 heavy (non-hydrogen) atoms. The third kappa shape index (κ3) is 5.92. The lowest BCUT2D eigenvalue weighted by Gasteiger charge is -2.22. The van der Waals surface area contributed by atoms with Crippen LogP contribution in [0.3, 0.4) is 0 Å². The molecule has 1 saturated carbocycles. The minimum absolute atomic E-state index is 0.00764. The molecule has 0 spiro atoms. The maximum absolute atomic E-state index is 11.8. The number of nitrogens with one attached hydrogen (secondary N) is 4. The quantitative estimate of drug-likeness (QED) is 0.567. The van der Waals surface area contributed by atoms with Gasteiger partial charge in [0, 0.05) is 17.0 Å². The van der Waals surface area contributed by atoms with E-state index >= 15 is 0 Å². The van der Waals surface area contributed by atoms with Crippen molar-refractivity contribution in [3.8, 4) is 0 Å². The van der Waals surface area contributed by atoms with Crippen molar-refractivity contribution in [1.82, 2.24) is 31.0 Å². The van der Waals surface area contributed by atoms with Crippen molar-refractivity contribution in [2.75, 3.05) is 26.2 Å². The Morgan fingerprint density at radius 2 is 1.28 bits per heavy atom. The van der Waals surface area contributed by atoms with E-state index in [-0.39, 0.29) is 11.1 Å². The first-order valence-corrected chi connectivity index (χ1v) is 12.2. The Hall–Kier alpha value is -2.32. The number of piperidine rings is 2. The minimum atomic E-state index is -0.00764. The third-order valence-electron chi connectivity index (χ3n) is 6.80. The van der Waals surface area contributed by atoms with Gasteiger partial charge in [-0.05, 0) is 95.1 Å². The average Bonchev–Trinajstić information content (AvgIpc) is 3.68. The molecule has 5 rings (SSSR count). The van der Waals surface area contributed by atoms with Crippen molar-refractivity contribution >= 4 is 0 Å². The maximum atomic E-state index is 11.8. The lowest BCUT2D eigenvalue weighted by molar-refractivity contribution is 0.456. The third-order valence-corrected chi connectivity index (χ3v) is 6.80. The number of aryl methyl sites for hydroxylation is 1. The van der Waals surface area contributed by atoms with Crippen LogP contribution in [0.15, 0.2) is 21.7 Å². The summed E-state index contributed by atoms with van der Waals surface area (Å²) in [5.74, 6) is 1.44. The van der Waals surface area contributed by atoms with E-state index in [1.54, 1.807) is 0 Å². The fourth-order valence-electron chi connectivity index (χ4n) is 4.75. The molecule has 4 N–H and O–H groups in total. The molecule has 0 radical (unpaired) electrons. The first-order chi connectivity index (χ1) is 15.7. The number of aromatic nitrogens is 4. The van der Waals surface area contributed by atoms with Crippen LogP contribution in [0.25, 0.3) is 0 Å². The van der Waals surface area contributed by atoms with E-state index in [1.807, 2.05) is 12.1 Å². The van der Waals surface area contributed by atoms with Crippen LogP contribution in [0.5, 0.6) is 0 Å². The topological polar surface area (TPSA) is 116 Å². The van der Waals surface area contributed by atoms with Gasteiger partial charge in [-0.15, -0.1) is 0 Å². The van der Waals surface area contributed by atoms with E-state index in [9.17, 15) is 9.59 Å². The molecule has 0 atom stereocenters. The standard InChI is InChI=1S/C12H17N3O.C12H19N3O/c16-12-10(8-3-5-13-6-4-8)7-11(14-15-12)9-1-2-9;1-2-3-10-8-11(12(16)15-14-10)9-4-6-13-7-5-9/h7-9,13H,1-6H2,(H,15,16);8-9,13H,2-7H2,1H3,(H,15,16). The molecule has 3 aliphatic rings. The van der Waals surface area contributed by atoms with Gasteiger partial charge < -0.3 is 10.6 Å². The average molecular weight is 441 g/mol. The van der Waals surface area contributed by atoms with Crippen molar-refractivity contribution in [3.05, 3.63) is 55.4 Å². The van der Waals surface area contributed by atoms with Crippen LogP contribution in [0.2, 0.25) is 0 Å². The summed E-state index contributed by atoms with van der Waals surface area (Å²) < 4.78 is 0. The number of aromatic amines is 2. The second-order valence-electron chi connectivity index (χ2n) is 9.29. The van der Waals surface area contributed by atoms with Crippen molar-refractivity contribution in [1.29, 1.82) is 0 Å². The molecule has 0 unspecified atom stereocenters. The van der Waals surface area contributed by atoms with Crippen LogP contribution in [0, 0.1) is 0 Å². The molecule has 0 aromatic carbocycles. The summed E-state index contributed by atoms with van der Waals surface area (Å²) in [5, 5.41) is 20.1. The van der Waals surface area contributed by atoms with Crippen molar-refractivity contribution < 1.29 is 0 Å². The molecular formula is C24H36N6O2. The first-order valence-electron chi connectivity index (χ1n) is 12.2. The summed E-state index contributed by atoms with van der Waals surface area (Å²) >= 11 is 0. The molecule has 2 saturated heterocycles. The molecule has 4 heterocycles. The van der Waals surface area contributed by atoms with Gasteiger partial charge in [-0.25, -0.2) is 10.2 Å². The number of hydrogen-bond donors (Lipinski definition) is 4. The number of rotatable bonds is 5.